The molecule has 0 radical (unpaired) electrons. The maximum Gasteiger partial charge on any atom is 0.158 e. The van der Waals surface area contributed by atoms with Crippen molar-refractivity contribution in [2.45, 2.75) is 0 Å². The Bertz CT molecular complexity index is 2520. The van der Waals surface area contributed by atoms with E-state index in [-0.39, 0.29) is 0 Å². The fraction of sp³-hybridized carbons (Fsp3) is 0. The lowest BCUT2D eigenvalue weighted by atomic mass is 9.92. The first-order valence-electron chi connectivity index (χ1n) is 15.0. The van der Waals surface area contributed by atoms with E-state index in [1.54, 1.807) is 0 Å². The van der Waals surface area contributed by atoms with Gasteiger partial charge in [-0.05, 0) is 84.9 Å². The van der Waals surface area contributed by atoms with E-state index in [4.69, 9.17) is 4.42 Å². The molecule has 2 nitrogen and oxygen atoms in total. The Kier molecular flexibility index (Phi) is 5.54. The van der Waals surface area contributed by atoms with E-state index in [0.717, 1.165) is 33.3 Å². The zero-order valence-electron chi connectivity index (χ0n) is 23.9. The zero-order chi connectivity index (χ0) is 29.0. The third kappa shape index (κ3) is 3.96. The van der Waals surface area contributed by atoms with Gasteiger partial charge in [-0.25, -0.2) is 0 Å². The number of benzene rings is 8. The van der Waals surface area contributed by atoms with Crippen LogP contribution in [0.4, 0.5) is 11.4 Å². The minimum atomic E-state index is 0.873. The maximum atomic E-state index is 6.41. The molecule has 206 valence electrons. The molecular weight excluding hydrogens is 534 g/mol. The Morgan fingerprint density at radius 3 is 1.84 bits per heavy atom. The van der Waals surface area contributed by atoms with Crippen molar-refractivity contribution in [3.63, 3.8) is 0 Å². The van der Waals surface area contributed by atoms with Gasteiger partial charge < -0.3 is 9.73 Å². The summed E-state index contributed by atoms with van der Waals surface area (Å²) in [6, 6.07) is 56.2. The van der Waals surface area contributed by atoms with Crippen LogP contribution in [0.5, 0.6) is 0 Å². The van der Waals surface area contributed by atoms with Crippen LogP contribution < -0.4 is 5.32 Å². The summed E-state index contributed by atoms with van der Waals surface area (Å²) in [7, 11) is 0. The van der Waals surface area contributed by atoms with Crippen molar-refractivity contribution in [3.8, 4) is 22.3 Å². The van der Waals surface area contributed by atoms with Gasteiger partial charge >= 0.3 is 0 Å². The molecule has 0 fully saturated rings. The topological polar surface area (TPSA) is 25.2 Å². The second-order valence-electron chi connectivity index (χ2n) is 11.4. The van der Waals surface area contributed by atoms with Crippen LogP contribution in [0.1, 0.15) is 0 Å². The molecule has 0 unspecified atom stereocenters. The summed E-state index contributed by atoms with van der Waals surface area (Å²) in [5, 5.41) is 13.4. The molecule has 8 aromatic carbocycles. The summed E-state index contributed by atoms with van der Waals surface area (Å²) in [6.45, 7) is 0. The monoisotopic (exact) mass is 561 g/mol. The van der Waals surface area contributed by atoms with Crippen LogP contribution in [0.2, 0.25) is 0 Å². The van der Waals surface area contributed by atoms with Crippen molar-refractivity contribution in [2.75, 3.05) is 5.32 Å². The molecule has 1 N–H and O–H groups in total. The fourth-order valence-corrected chi connectivity index (χ4v) is 6.73. The standard InChI is InChI=1S/C42H27NO/c1-2-10-30-26-31(19-18-27(30)8-1)34-13-6-14-36-33(12-5-15-37(34)36)29-20-23-32(24-21-29)43-39-17-7-16-38-41-35-11-4-3-9-28(35)22-25-40(41)44-42(38)39/h1-26,43H. The summed E-state index contributed by atoms with van der Waals surface area (Å²) in [5.41, 5.74) is 8.65. The lowest BCUT2D eigenvalue weighted by Gasteiger charge is -2.13. The van der Waals surface area contributed by atoms with Crippen molar-refractivity contribution in [1.29, 1.82) is 0 Å². The molecule has 1 heterocycles. The molecule has 0 atom stereocenters. The first-order chi connectivity index (χ1) is 21.8. The fourth-order valence-electron chi connectivity index (χ4n) is 6.73. The van der Waals surface area contributed by atoms with Gasteiger partial charge in [0.25, 0.3) is 0 Å². The maximum absolute atomic E-state index is 6.41. The van der Waals surface area contributed by atoms with Gasteiger partial charge in [-0.1, -0.05) is 127 Å². The number of rotatable bonds is 4. The Hall–Kier alpha value is -5.86. The molecule has 2 heteroatoms. The lowest BCUT2D eigenvalue weighted by molar-refractivity contribution is 0.670. The molecule has 0 aliphatic carbocycles. The molecule has 9 rings (SSSR count). The summed E-state index contributed by atoms with van der Waals surface area (Å²) < 4.78 is 6.41. The average Bonchev–Trinajstić information content (AvgIpc) is 3.48. The molecule has 0 aliphatic heterocycles. The third-order valence-corrected chi connectivity index (χ3v) is 8.84. The van der Waals surface area contributed by atoms with E-state index in [9.17, 15) is 0 Å². The summed E-state index contributed by atoms with van der Waals surface area (Å²) in [6.07, 6.45) is 0. The number of para-hydroxylation sites is 1. The van der Waals surface area contributed by atoms with Crippen molar-refractivity contribution < 1.29 is 4.42 Å². The molecular formula is C42H27NO. The van der Waals surface area contributed by atoms with Gasteiger partial charge in [0.2, 0.25) is 0 Å². The van der Waals surface area contributed by atoms with Crippen LogP contribution in [0, 0.1) is 0 Å². The Morgan fingerprint density at radius 2 is 1.02 bits per heavy atom. The van der Waals surface area contributed by atoms with E-state index in [2.05, 4.69) is 163 Å². The van der Waals surface area contributed by atoms with Gasteiger partial charge in [0, 0.05) is 16.5 Å². The number of furan rings is 1. The van der Waals surface area contributed by atoms with Crippen LogP contribution in [-0.2, 0) is 0 Å². The normalized spacial score (nSPS) is 11.6. The summed E-state index contributed by atoms with van der Waals surface area (Å²) in [5.74, 6) is 0. The highest BCUT2D eigenvalue weighted by molar-refractivity contribution is 6.20. The number of hydrogen-bond acceptors (Lipinski definition) is 2. The predicted molar refractivity (Wildman–Crippen MR) is 187 cm³/mol. The number of fused-ring (bicyclic) bond motifs is 7. The molecule has 0 spiro atoms. The van der Waals surface area contributed by atoms with Gasteiger partial charge in [-0.3, -0.25) is 0 Å². The number of hydrogen-bond donors (Lipinski definition) is 1. The quantitative estimate of drug-likeness (QED) is 0.231. The van der Waals surface area contributed by atoms with Crippen LogP contribution in [0.25, 0.3) is 76.5 Å². The van der Waals surface area contributed by atoms with Crippen LogP contribution in [0.15, 0.2) is 162 Å². The second-order valence-corrected chi connectivity index (χ2v) is 11.4. The zero-order valence-corrected chi connectivity index (χ0v) is 23.9. The van der Waals surface area contributed by atoms with Crippen LogP contribution in [-0.4, -0.2) is 0 Å². The minimum Gasteiger partial charge on any atom is -0.454 e. The molecule has 0 aliphatic rings. The molecule has 0 saturated heterocycles. The number of nitrogens with one attached hydrogen (secondary N) is 1. The lowest BCUT2D eigenvalue weighted by Crippen LogP contribution is -1.91. The summed E-state index contributed by atoms with van der Waals surface area (Å²) in [4.78, 5) is 0. The second kappa shape index (κ2) is 9.86. The van der Waals surface area contributed by atoms with E-state index in [1.807, 2.05) is 0 Å². The van der Waals surface area contributed by atoms with Crippen molar-refractivity contribution in [1.82, 2.24) is 0 Å². The average molecular weight is 562 g/mol. The van der Waals surface area contributed by atoms with Gasteiger partial charge in [0.15, 0.2) is 5.58 Å². The van der Waals surface area contributed by atoms with Crippen LogP contribution in [0.3, 0.4) is 0 Å². The third-order valence-electron chi connectivity index (χ3n) is 8.84. The summed E-state index contributed by atoms with van der Waals surface area (Å²) >= 11 is 0. The van der Waals surface area contributed by atoms with Crippen LogP contribution >= 0.6 is 0 Å². The molecule has 0 amide bonds. The van der Waals surface area contributed by atoms with E-state index in [0.29, 0.717) is 0 Å². The van der Waals surface area contributed by atoms with E-state index >= 15 is 0 Å². The van der Waals surface area contributed by atoms with Gasteiger partial charge in [-0.2, -0.15) is 0 Å². The highest BCUT2D eigenvalue weighted by atomic mass is 16.3. The number of anilines is 2. The van der Waals surface area contributed by atoms with E-state index in [1.165, 1.54) is 54.6 Å². The van der Waals surface area contributed by atoms with E-state index < -0.39 is 0 Å². The first-order valence-corrected chi connectivity index (χ1v) is 15.0. The first kappa shape index (κ1) is 24.7. The van der Waals surface area contributed by atoms with Gasteiger partial charge in [-0.15, -0.1) is 0 Å². The molecule has 9 aromatic rings. The highest BCUT2D eigenvalue weighted by Gasteiger charge is 2.14. The van der Waals surface area contributed by atoms with Gasteiger partial charge in [0.1, 0.15) is 5.58 Å². The molecule has 44 heavy (non-hydrogen) atoms. The molecule has 1 aromatic heterocycles. The van der Waals surface area contributed by atoms with Crippen molar-refractivity contribution in [3.05, 3.63) is 158 Å². The van der Waals surface area contributed by atoms with Crippen molar-refractivity contribution >= 4 is 65.6 Å². The van der Waals surface area contributed by atoms with Gasteiger partial charge in [0.05, 0.1) is 5.69 Å². The van der Waals surface area contributed by atoms with Crippen molar-refractivity contribution in [2.24, 2.45) is 0 Å². The molecule has 0 saturated carbocycles. The Labute approximate surface area is 254 Å². The Balaban J connectivity index is 1.08. The molecule has 0 bridgehead atoms. The largest absolute Gasteiger partial charge is 0.454 e. The predicted octanol–water partition coefficient (Wildman–Crippen LogP) is 12.1. The minimum absolute atomic E-state index is 0.873. The SMILES string of the molecule is c1ccc2cc(-c3cccc4c(-c5ccc(Nc6cccc7c6oc6ccc8ccccc8c67)cc5)cccc34)ccc2c1. The highest BCUT2D eigenvalue weighted by Crippen LogP contribution is 2.39. The smallest absolute Gasteiger partial charge is 0.158 e. The Morgan fingerprint density at radius 1 is 0.409 bits per heavy atom.